The smallest absolute Gasteiger partial charge is 0.306 e. The molecule has 0 radical (unpaired) electrons. The Kier molecular flexibility index (Phi) is 45.1. The molecule has 60 heavy (non-hydrogen) atoms. The fourth-order valence-corrected chi connectivity index (χ4v) is 6.15. The molecule has 0 bridgehead atoms. The van der Waals surface area contributed by atoms with Crippen molar-refractivity contribution < 1.29 is 28.6 Å². The molecule has 0 rings (SSSR count). The van der Waals surface area contributed by atoms with Crippen molar-refractivity contribution in [3.8, 4) is 0 Å². The summed E-state index contributed by atoms with van der Waals surface area (Å²) in [5.41, 5.74) is 0. The van der Waals surface area contributed by atoms with Crippen molar-refractivity contribution in [2.75, 3.05) is 13.2 Å². The second-order valence-electron chi connectivity index (χ2n) is 15.6. The molecular formula is C54H88O6. The Morgan fingerprint density at radius 1 is 0.350 bits per heavy atom. The Morgan fingerprint density at radius 3 is 1.17 bits per heavy atom. The topological polar surface area (TPSA) is 78.9 Å². The van der Waals surface area contributed by atoms with Gasteiger partial charge in [-0.2, -0.15) is 0 Å². The molecule has 0 fully saturated rings. The van der Waals surface area contributed by atoms with Crippen LogP contribution in [0.4, 0.5) is 0 Å². The minimum atomic E-state index is -0.810. The zero-order chi connectivity index (χ0) is 43.7. The van der Waals surface area contributed by atoms with Crippen LogP contribution >= 0.6 is 0 Å². The van der Waals surface area contributed by atoms with Crippen molar-refractivity contribution in [3.05, 3.63) is 97.2 Å². The summed E-state index contributed by atoms with van der Waals surface area (Å²) in [6.45, 7) is 6.34. The molecule has 0 aromatic heterocycles. The van der Waals surface area contributed by atoms with Gasteiger partial charge in [0.2, 0.25) is 0 Å². The fraction of sp³-hybridized carbons (Fsp3) is 0.648. The van der Waals surface area contributed by atoms with Crippen molar-refractivity contribution >= 4 is 17.9 Å². The highest BCUT2D eigenvalue weighted by Gasteiger charge is 2.19. The lowest BCUT2D eigenvalue weighted by Gasteiger charge is -2.18. The molecule has 0 heterocycles. The van der Waals surface area contributed by atoms with Crippen LogP contribution in [0.5, 0.6) is 0 Å². The second kappa shape index (κ2) is 48.0. The lowest BCUT2D eigenvalue weighted by atomic mass is 10.1. The van der Waals surface area contributed by atoms with Crippen LogP contribution in [0.15, 0.2) is 97.2 Å². The van der Waals surface area contributed by atoms with Crippen LogP contribution in [-0.2, 0) is 28.6 Å². The Labute approximate surface area is 368 Å². The van der Waals surface area contributed by atoms with Crippen molar-refractivity contribution in [1.82, 2.24) is 0 Å². The van der Waals surface area contributed by atoms with Crippen LogP contribution in [0.3, 0.4) is 0 Å². The zero-order valence-electron chi connectivity index (χ0n) is 38.7. The highest BCUT2D eigenvalue weighted by molar-refractivity contribution is 5.71. The van der Waals surface area contributed by atoms with Crippen molar-refractivity contribution in [2.24, 2.45) is 0 Å². The average molecular weight is 833 g/mol. The van der Waals surface area contributed by atoms with Crippen LogP contribution in [0.2, 0.25) is 0 Å². The molecule has 0 aliphatic carbocycles. The molecule has 1 atom stereocenters. The Hall–Kier alpha value is -3.67. The van der Waals surface area contributed by atoms with Gasteiger partial charge in [-0.15, -0.1) is 0 Å². The van der Waals surface area contributed by atoms with Gasteiger partial charge in [-0.3, -0.25) is 14.4 Å². The van der Waals surface area contributed by atoms with Crippen LogP contribution in [0, 0.1) is 0 Å². The van der Waals surface area contributed by atoms with E-state index in [-0.39, 0.29) is 37.5 Å². The van der Waals surface area contributed by atoms with Crippen molar-refractivity contribution in [1.29, 1.82) is 0 Å². The predicted octanol–water partition coefficient (Wildman–Crippen LogP) is 15.8. The summed E-state index contributed by atoms with van der Waals surface area (Å²) in [6, 6.07) is 0. The molecule has 0 aromatic rings. The summed E-state index contributed by atoms with van der Waals surface area (Å²) in [5, 5.41) is 0. The number of hydrogen-bond donors (Lipinski definition) is 0. The predicted molar refractivity (Wildman–Crippen MR) is 256 cm³/mol. The molecule has 6 heteroatoms. The molecule has 0 N–H and O–H groups in total. The van der Waals surface area contributed by atoms with E-state index >= 15 is 0 Å². The van der Waals surface area contributed by atoms with E-state index in [9.17, 15) is 14.4 Å². The maximum absolute atomic E-state index is 12.8. The van der Waals surface area contributed by atoms with Crippen LogP contribution < -0.4 is 0 Å². The summed E-state index contributed by atoms with van der Waals surface area (Å²) < 4.78 is 16.7. The van der Waals surface area contributed by atoms with Gasteiger partial charge in [-0.1, -0.05) is 176 Å². The monoisotopic (exact) mass is 833 g/mol. The number of allylic oxidation sites excluding steroid dienone is 16. The van der Waals surface area contributed by atoms with Gasteiger partial charge in [-0.05, 0) is 109 Å². The maximum Gasteiger partial charge on any atom is 0.306 e. The third-order valence-corrected chi connectivity index (χ3v) is 9.77. The first kappa shape index (κ1) is 56.3. The SMILES string of the molecule is CC/C=C\C/C=C\C/C=C\C/C=C\C/C=C\CCCC(=O)OCC(COC(=O)CCCCCCC/C=C\CCC)OC(=O)CCCCCCC/C=C\C/C=C\CCCCC. The Balaban J connectivity index is 4.50. The van der Waals surface area contributed by atoms with Crippen molar-refractivity contribution in [2.45, 2.75) is 213 Å². The Morgan fingerprint density at radius 2 is 0.700 bits per heavy atom. The maximum atomic E-state index is 12.8. The van der Waals surface area contributed by atoms with E-state index in [0.717, 1.165) is 122 Å². The summed E-state index contributed by atoms with van der Waals surface area (Å²) in [6.07, 6.45) is 62.5. The molecular weight excluding hydrogens is 745 g/mol. The molecule has 0 saturated carbocycles. The van der Waals surface area contributed by atoms with Gasteiger partial charge in [0.15, 0.2) is 6.10 Å². The van der Waals surface area contributed by atoms with Crippen LogP contribution in [0.25, 0.3) is 0 Å². The van der Waals surface area contributed by atoms with E-state index < -0.39 is 6.10 Å². The number of esters is 3. The third-order valence-electron chi connectivity index (χ3n) is 9.77. The van der Waals surface area contributed by atoms with Gasteiger partial charge in [0.1, 0.15) is 13.2 Å². The van der Waals surface area contributed by atoms with Gasteiger partial charge in [-0.25, -0.2) is 0 Å². The van der Waals surface area contributed by atoms with E-state index in [2.05, 4.69) is 118 Å². The lowest BCUT2D eigenvalue weighted by molar-refractivity contribution is -0.167. The number of hydrogen-bond acceptors (Lipinski definition) is 6. The Bertz CT molecular complexity index is 1230. The summed E-state index contributed by atoms with van der Waals surface area (Å²) in [5.74, 6) is -0.999. The quantitative estimate of drug-likeness (QED) is 0.0264. The largest absolute Gasteiger partial charge is 0.462 e. The minimum absolute atomic E-state index is 0.107. The molecule has 0 aromatic carbocycles. The summed E-state index contributed by atoms with van der Waals surface area (Å²) in [4.78, 5) is 37.8. The fourth-order valence-electron chi connectivity index (χ4n) is 6.15. The normalized spacial score (nSPS) is 12.9. The molecule has 340 valence electrons. The van der Waals surface area contributed by atoms with Gasteiger partial charge in [0, 0.05) is 19.3 Å². The van der Waals surface area contributed by atoms with Crippen molar-refractivity contribution in [3.63, 3.8) is 0 Å². The van der Waals surface area contributed by atoms with E-state index in [4.69, 9.17) is 14.2 Å². The molecule has 0 amide bonds. The second-order valence-corrected chi connectivity index (χ2v) is 15.6. The number of rotatable bonds is 42. The average Bonchev–Trinajstić information content (AvgIpc) is 3.24. The number of ether oxygens (including phenoxy) is 3. The molecule has 0 spiro atoms. The summed E-state index contributed by atoms with van der Waals surface area (Å²) in [7, 11) is 0. The molecule has 0 aliphatic heterocycles. The molecule has 6 nitrogen and oxygen atoms in total. The third kappa shape index (κ3) is 45.4. The highest BCUT2D eigenvalue weighted by atomic mass is 16.6. The van der Waals surface area contributed by atoms with Crippen LogP contribution in [0.1, 0.15) is 207 Å². The molecule has 0 saturated heterocycles. The van der Waals surface area contributed by atoms with Gasteiger partial charge in [0.05, 0.1) is 0 Å². The van der Waals surface area contributed by atoms with Gasteiger partial charge in [0.25, 0.3) is 0 Å². The van der Waals surface area contributed by atoms with Gasteiger partial charge >= 0.3 is 17.9 Å². The van der Waals surface area contributed by atoms with E-state index in [0.29, 0.717) is 19.3 Å². The highest BCUT2D eigenvalue weighted by Crippen LogP contribution is 2.12. The first-order valence-electron chi connectivity index (χ1n) is 24.2. The first-order chi connectivity index (χ1) is 29.5. The standard InChI is InChI=1S/C54H88O6/c1-4-7-10-13-16-19-22-24-26-27-29-30-32-35-38-41-44-47-53(56)59-50-51(49-58-52(55)46-43-40-37-34-21-18-15-12-9-6-3)60-54(57)48-45-42-39-36-33-31-28-25-23-20-17-14-11-8-5-2/h7,10,12,15-17,19-20,24-26,28-30,35,38,51H,4-6,8-9,11,13-14,18,21-23,27,31-34,36-37,39-50H2,1-3H3/b10-7-,15-12-,19-16-,20-17-,26-24-,28-25-,30-29-,38-35-. The lowest BCUT2D eigenvalue weighted by Crippen LogP contribution is -2.30. The van der Waals surface area contributed by atoms with E-state index in [1.54, 1.807) is 0 Å². The first-order valence-corrected chi connectivity index (χ1v) is 24.2. The number of carbonyl (C=O) groups excluding carboxylic acids is 3. The van der Waals surface area contributed by atoms with Crippen LogP contribution in [-0.4, -0.2) is 37.2 Å². The number of unbranched alkanes of at least 4 members (excludes halogenated alkanes) is 15. The molecule has 0 aliphatic rings. The molecule has 1 unspecified atom stereocenters. The minimum Gasteiger partial charge on any atom is -0.462 e. The van der Waals surface area contributed by atoms with E-state index in [1.807, 2.05) is 0 Å². The van der Waals surface area contributed by atoms with Gasteiger partial charge < -0.3 is 14.2 Å². The summed E-state index contributed by atoms with van der Waals surface area (Å²) >= 11 is 0. The van der Waals surface area contributed by atoms with E-state index in [1.165, 1.54) is 38.5 Å². The number of carbonyl (C=O) groups is 3. The zero-order valence-corrected chi connectivity index (χ0v) is 38.7.